The predicted octanol–water partition coefficient (Wildman–Crippen LogP) is 2.40. The van der Waals surface area contributed by atoms with E-state index in [1.807, 2.05) is 19.0 Å². The summed E-state index contributed by atoms with van der Waals surface area (Å²) in [6, 6.07) is 8.59. The summed E-state index contributed by atoms with van der Waals surface area (Å²) in [4.78, 5) is 23.9. The van der Waals surface area contributed by atoms with Gasteiger partial charge in [0, 0.05) is 37.3 Å². The molecule has 3 aromatic rings. The number of aromatic nitrogens is 5. The van der Waals surface area contributed by atoms with E-state index < -0.39 is 11.9 Å². The van der Waals surface area contributed by atoms with Crippen LogP contribution in [0, 0.1) is 0 Å². The molecule has 0 aliphatic carbocycles. The molecule has 2 aliphatic heterocycles. The van der Waals surface area contributed by atoms with E-state index in [1.54, 1.807) is 31.3 Å². The molecule has 2 aliphatic rings. The molecule has 1 N–H and O–H groups in total. The number of phenolic OH excluding ortho intramolecular Hbond substituents is 1. The van der Waals surface area contributed by atoms with Crippen molar-refractivity contribution in [2.45, 2.75) is 50.0 Å². The van der Waals surface area contributed by atoms with Gasteiger partial charge in [-0.2, -0.15) is 4.98 Å². The average Bonchev–Trinajstić information content (AvgIpc) is 2.83. The second kappa shape index (κ2) is 8.75. The lowest BCUT2D eigenvalue weighted by atomic mass is 9.80. The van der Waals surface area contributed by atoms with Crippen molar-refractivity contribution in [3.8, 4) is 28.4 Å². The molecule has 10 heteroatoms. The molecule has 4 heterocycles. The van der Waals surface area contributed by atoms with Gasteiger partial charge in [0.1, 0.15) is 18.2 Å². The van der Waals surface area contributed by atoms with Crippen LogP contribution < -0.4 is 10.6 Å². The first-order valence-corrected chi connectivity index (χ1v) is 11.5. The Morgan fingerprint density at radius 3 is 2.68 bits per heavy atom. The van der Waals surface area contributed by atoms with Gasteiger partial charge in [-0.1, -0.05) is 12.5 Å². The van der Waals surface area contributed by atoms with E-state index in [2.05, 4.69) is 25.1 Å². The first-order valence-electron chi connectivity index (χ1n) is 11.5. The molecule has 34 heavy (non-hydrogen) atoms. The van der Waals surface area contributed by atoms with Gasteiger partial charge >= 0.3 is 5.69 Å². The molecule has 2 fully saturated rings. The van der Waals surface area contributed by atoms with Gasteiger partial charge in [0.05, 0.1) is 11.7 Å². The van der Waals surface area contributed by atoms with Gasteiger partial charge in [0.25, 0.3) is 0 Å². The van der Waals surface area contributed by atoms with Crippen LogP contribution in [-0.4, -0.2) is 73.1 Å². The van der Waals surface area contributed by atoms with Gasteiger partial charge < -0.3 is 10.0 Å². The van der Waals surface area contributed by atoms with Gasteiger partial charge in [-0.3, -0.25) is 9.47 Å². The number of halogens is 1. The van der Waals surface area contributed by atoms with Crippen LogP contribution in [0.25, 0.3) is 22.6 Å². The highest BCUT2D eigenvalue weighted by Gasteiger charge is 2.45. The number of piperidine rings is 2. The van der Waals surface area contributed by atoms with Crippen LogP contribution in [0.2, 0.25) is 0 Å². The van der Waals surface area contributed by atoms with Gasteiger partial charge in [-0.25, -0.2) is 14.2 Å². The summed E-state index contributed by atoms with van der Waals surface area (Å²) in [7, 11) is 5.48. The summed E-state index contributed by atoms with van der Waals surface area (Å²) in [5, 5.41) is 19.2. The van der Waals surface area contributed by atoms with E-state index in [-0.39, 0.29) is 23.7 Å². The topological polar surface area (TPSA) is 100 Å². The fourth-order valence-corrected chi connectivity index (χ4v) is 5.19. The minimum atomic E-state index is -0.943. The lowest BCUT2D eigenvalue weighted by Crippen LogP contribution is -2.62. The number of nitrogens with zero attached hydrogens (tertiary/aromatic N) is 7. The third kappa shape index (κ3) is 3.91. The molecule has 9 nitrogen and oxygen atoms in total. The van der Waals surface area contributed by atoms with Crippen molar-refractivity contribution < 1.29 is 9.50 Å². The monoisotopic (exact) mass is 465 g/mol. The van der Waals surface area contributed by atoms with E-state index in [0.717, 1.165) is 25.7 Å². The minimum Gasteiger partial charge on any atom is -0.507 e. The lowest BCUT2D eigenvalue weighted by Gasteiger charge is -2.51. The Hall–Kier alpha value is -3.40. The molecule has 178 valence electrons. The van der Waals surface area contributed by atoms with E-state index in [9.17, 15) is 9.90 Å². The van der Waals surface area contributed by atoms with Crippen molar-refractivity contribution >= 4 is 5.82 Å². The Morgan fingerprint density at radius 1 is 1.15 bits per heavy atom. The summed E-state index contributed by atoms with van der Waals surface area (Å²) in [5.41, 5.74) is 1.07. The van der Waals surface area contributed by atoms with E-state index in [1.165, 1.54) is 17.0 Å². The number of rotatable bonds is 4. The highest BCUT2D eigenvalue weighted by Crippen LogP contribution is 2.37. The number of phenols is 1. The van der Waals surface area contributed by atoms with Crippen LogP contribution in [0.1, 0.15) is 25.7 Å². The maximum Gasteiger partial charge on any atom is 0.350 e. The second-order valence-corrected chi connectivity index (χ2v) is 9.26. The summed E-state index contributed by atoms with van der Waals surface area (Å²) < 4.78 is 16.6. The maximum atomic E-state index is 15.3. The molecule has 4 atom stereocenters. The summed E-state index contributed by atoms with van der Waals surface area (Å²) in [6.45, 7) is 0. The SMILES string of the molecule is CN1C2CCCC1[C@H](F)[C@H](N(C)c1ccc(-c3ccc(-c4ncn(C)c(=O)n4)cc3O)nn1)C2. The zero-order valence-corrected chi connectivity index (χ0v) is 19.5. The molecule has 2 unspecified atom stereocenters. The first kappa shape index (κ1) is 22.4. The largest absolute Gasteiger partial charge is 0.507 e. The molecule has 0 radical (unpaired) electrons. The highest BCUT2D eigenvalue weighted by molar-refractivity contribution is 5.72. The Morgan fingerprint density at radius 2 is 1.97 bits per heavy atom. The third-order valence-electron chi connectivity index (χ3n) is 7.28. The lowest BCUT2D eigenvalue weighted by molar-refractivity contribution is -0.00672. The molecule has 0 saturated carbocycles. The Labute approximate surface area is 196 Å². The molecule has 5 rings (SSSR count). The normalized spacial score (nSPS) is 24.7. The number of hydrogen-bond acceptors (Lipinski definition) is 8. The number of aromatic hydroxyl groups is 1. The van der Waals surface area contributed by atoms with Gasteiger partial charge in [-0.15, -0.1) is 10.2 Å². The highest BCUT2D eigenvalue weighted by atomic mass is 19.1. The van der Waals surface area contributed by atoms with E-state index in [0.29, 0.717) is 28.7 Å². The van der Waals surface area contributed by atoms with Crippen molar-refractivity contribution in [3.05, 3.63) is 47.1 Å². The second-order valence-electron chi connectivity index (χ2n) is 9.26. The van der Waals surface area contributed by atoms with Gasteiger partial charge in [-0.05, 0) is 50.6 Å². The standard InChI is InChI=1S/C24H28FN7O2/c1-30-13-26-23(27-24(30)34)14-7-8-16(20(33)11-14)17-9-10-21(29-28-17)32(3)19-12-15-5-4-6-18(22(19)25)31(15)2/h7-11,13,15,18-19,22,33H,4-6,12H2,1-3H3/t15?,18?,19-,22+/m1/s1. The zero-order chi connectivity index (χ0) is 24.0. The van der Waals surface area contributed by atoms with Crippen LogP contribution in [0.3, 0.4) is 0 Å². The first-order chi connectivity index (χ1) is 16.3. The van der Waals surface area contributed by atoms with Crippen LogP contribution in [0.15, 0.2) is 41.5 Å². The summed E-state index contributed by atoms with van der Waals surface area (Å²) in [5.74, 6) is 0.810. The van der Waals surface area contributed by atoms with Crippen molar-refractivity contribution in [2.75, 3.05) is 19.0 Å². The van der Waals surface area contributed by atoms with Gasteiger partial charge in [0.15, 0.2) is 11.6 Å². The average molecular weight is 466 g/mol. The smallest absolute Gasteiger partial charge is 0.350 e. The number of hydrogen-bond donors (Lipinski definition) is 1. The Balaban J connectivity index is 1.36. The fourth-order valence-electron chi connectivity index (χ4n) is 5.19. The molecule has 2 saturated heterocycles. The number of alkyl halides is 1. The minimum absolute atomic E-state index is 0.0239. The Kier molecular flexibility index (Phi) is 5.76. The molecule has 0 amide bonds. The quantitative estimate of drug-likeness (QED) is 0.627. The summed E-state index contributed by atoms with van der Waals surface area (Å²) in [6.07, 6.45) is 4.28. The number of benzene rings is 1. The molecule has 1 aromatic carbocycles. The fraction of sp³-hybridized carbons (Fsp3) is 0.458. The molecule has 2 bridgehead atoms. The van der Waals surface area contributed by atoms with Crippen molar-refractivity contribution in [1.29, 1.82) is 0 Å². The third-order valence-corrected chi connectivity index (χ3v) is 7.28. The van der Waals surface area contributed by atoms with Crippen LogP contribution in [-0.2, 0) is 7.05 Å². The van der Waals surface area contributed by atoms with Crippen molar-refractivity contribution in [3.63, 3.8) is 0 Å². The molecular formula is C24H28FN7O2. The van der Waals surface area contributed by atoms with Crippen LogP contribution in [0.4, 0.5) is 10.2 Å². The number of anilines is 1. The predicted molar refractivity (Wildman–Crippen MR) is 126 cm³/mol. The van der Waals surface area contributed by atoms with Crippen LogP contribution >= 0.6 is 0 Å². The Bertz CT molecular complexity index is 1250. The maximum absolute atomic E-state index is 15.3. The van der Waals surface area contributed by atoms with Crippen LogP contribution in [0.5, 0.6) is 5.75 Å². The molecular weight excluding hydrogens is 437 g/mol. The van der Waals surface area contributed by atoms with E-state index in [4.69, 9.17) is 0 Å². The van der Waals surface area contributed by atoms with Crippen molar-refractivity contribution in [2.24, 2.45) is 7.05 Å². The van der Waals surface area contributed by atoms with E-state index >= 15 is 4.39 Å². The molecule has 0 spiro atoms. The van der Waals surface area contributed by atoms with Crippen molar-refractivity contribution in [1.82, 2.24) is 29.6 Å². The van der Waals surface area contributed by atoms with Gasteiger partial charge in [0.2, 0.25) is 0 Å². The number of aryl methyl sites for hydroxylation is 1. The zero-order valence-electron chi connectivity index (χ0n) is 19.5. The molecule has 2 aromatic heterocycles. The summed E-state index contributed by atoms with van der Waals surface area (Å²) >= 11 is 0. The number of fused-ring (bicyclic) bond motifs is 2.